The van der Waals surface area contributed by atoms with Gasteiger partial charge in [-0.3, -0.25) is 4.90 Å². The molecule has 1 aliphatic rings. The van der Waals surface area contributed by atoms with E-state index >= 15 is 0 Å². The van der Waals surface area contributed by atoms with Crippen molar-refractivity contribution in [1.29, 1.82) is 0 Å². The van der Waals surface area contributed by atoms with Crippen LogP contribution in [0.4, 0.5) is 4.79 Å². The van der Waals surface area contributed by atoms with Gasteiger partial charge in [-0.2, -0.15) is 0 Å². The molecule has 0 bridgehead atoms. The third-order valence-electron chi connectivity index (χ3n) is 2.65. The van der Waals surface area contributed by atoms with Gasteiger partial charge in [-0.05, 0) is 23.3 Å². The number of nitrogens with zero attached hydrogens (tertiary/aromatic N) is 1. The number of hydrogen-bond donors (Lipinski definition) is 2. The summed E-state index contributed by atoms with van der Waals surface area (Å²) in [6.07, 6.45) is -0.919. The summed E-state index contributed by atoms with van der Waals surface area (Å²) >= 11 is 3.37. The Bertz CT molecular complexity index is 408. The van der Waals surface area contributed by atoms with Crippen molar-refractivity contribution in [3.05, 3.63) is 33.8 Å². The number of carboxylic acid groups (broad SMARTS) is 1. The molecule has 0 aliphatic carbocycles. The second kappa shape index (κ2) is 3.83. The quantitative estimate of drug-likeness (QED) is 0.820. The number of rotatable bonds is 1. The van der Waals surface area contributed by atoms with Gasteiger partial charge in [0.25, 0.3) is 0 Å². The zero-order chi connectivity index (χ0) is 11.0. The Morgan fingerprint density at radius 1 is 1.67 bits per heavy atom. The summed E-state index contributed by atoms with van der Waals surface area (Å²) in [7, 11) is 0. The molecule has 4 nitrogen and oxygen atoms in total. The molecule has 15 heavy (non-hydrogen) atoms. The van der Waals surface area contributed by atoms with Crippen molar-refractivity contribution >= 4 is 22.0 Å². The SMILES string of the molecule is NCC1c2ccc(Br)cc2CN1C(=O)O. The average molecular weight is 271 g/mol. The molecule has 1 aromatic carbocycles. The average Bonchev–Trinajstić information content (AvgIpc) is 2.55. The molecule has 1 aromatic rings. The van der Waals surface area contributed by atoms with Crippen LogP contribution >= 0.6 is 15.9 Å². The molecule has 1 unspecified atom stereocenters. The number of hydrogen-bond acceptors (Lipinski definition) is 2. The highest BCUT2D eigenvalue weighted by atomic mass is 79.9. The van der Waals surface area contributed by atoms with E-state index in [0.717, 1.165) is 15.6 Å². The van der Waals surface area contributed by atoms with E-state index in [-0.39, 0.29) is 6.04 Å². The molecular weight excluding hydrogens is 260 g/mol. The fraction of sp³-hybridized carbons (Fsp3) is 0.300. The lowest BCUT2D eigenvalue weighted by atomic mass is 10.1. The van der Waals surface area contributed by atoms with Crippen LogP contribution < -0.4 is 5.73 Å². The van der Waals surface area contributed by atoms with Gasteiger partial charge in [-0.25, -0.2) is 4.79 Å². The van der Waals surface area contributed by atoms with Gasteiger partial charge in [0, 0.05) is 11.0 Å². The maximum Gasteiger partial charge on any atom is 0.408 e. The van der Waals surface area contributed by atoms with Crippen LogP contribution in [0.15, 0.2) is 22.7 Å². The molecule has 1 atom stereocenters. The van der Waals surface area contributed by atoms with Crippen LogP contribution in [0.1, 0.15) is 17.2 Å². The van der Waals surface area contributed by atoms with Crippen LogP contribution in [0.25, 0.3) is 0 Å². The van der Waals surface area contributed by atoms with Crippen LogP contribution in [-0.2, 0) is 6.54 Å². The number of amides is 1. The lowest BCUT2D eigenvalue weighted by molar-refractivity contribution is 0.130. The molecule has 2 rings (SSSR count). The highest BCUT2D eigenvalue weighted by Gasteiger charge is 2.32. The fourth-order valence-corrected chi connectivity index (χ4v) is 2.36. The standard InChI is InChI=1S/C10H11BrN2O2/c11-7-1-2-8-6(3-7)5-13(10(14)15)9(8)4-12/h1-3,9H,4-5,12H2,(H,14,15). The normalized spacial score (nSPS) is 19.1. The number of halogens is 1. The predicted octanol–water partition coefficient (Wildman–Crippen LogP) is 1.94. The summed E-state index contributed by atoms with van der Waals surface area (Å²) in [4.78, 5) is 12.4. The van der Waals surface area contributed by atoms with Gasteiger partial charge in [-0.1, -0.05) is 22.0 Å². The minimum absolute atomic E-state index is 0.203. The van der Waals surface area contributed by atoms with Crippen molar-refractivity contribution in [2.45, 2.75) is 12.6 Å². The second-order valence-electron chi connectivity index (χ2n) is 3.51. The predicted molar refractivity (Wildman–Crippen MR) is 59.5 cm³/mol. The Hall–Kier alpha value is -1.07. The van der Waals surface area contributed by atoms with E-state index in [1.54, 1.807) is 0 Å². The largest absolute Gasteiger partial charge is 0.465 e. The van der Waals surface area contributed by atoms with Crippen molar-refractivity contribution in [2.75, 3.05) is 6.54 Å². The molecule has 1 amide bonds. The summed E-state index contributed by atoms with van der Waals surface area (Å²) in [5.74, 6) is 0. The first-order valence-corrected chi connectivity index (χ1v) is 5.40. The summed E-state index contributed by atoms with van der Waals surface area (Å²) in [6, 6.07) is 5.58. The van der Waals surface area contributed by atoms with E-state index in [2.05, 4.69) is 15.9 Å². The lowest BCUT2D eigenvalue weighted by Crippen LogP contribution is -2.32. The molecular formula is C10H11BrN2O2. The van der Waals surface area contributed by atoms with Gasteiger partial charge < -0.3 is 10.8 Å². The van der Waals surface area contributed by atoms with Gasteiger partial charge in [0.15, 0.2) is 0 Å². The van der Waals surface area contributed by atoms with E-state index in [1.807, 2.05) is 18.2 Å². The molecule has 0 saturated heterocycles. The maximum absolute atomic E-state index is 11.0. The van der Waals surface area contributed by atoms with Crippen molar-refractivity contribution in [1.82, 2.24) is 4.90 Å². The van der Waals surface area contributed by atoms with Gasteiger partial charge in [0.1, 0.15) is 0 Å². The zero-order valence-electron chi connectivity index (χ0n) is 7.98. The highest BCUT2D eigenvalue weighted by molar-refractivity contribution is 9.10. The molecule has 1 aliphatic heterocycles. The molecule has 0 fully saturated rings. The number of nitrogens with two attached hydrogens (primary N) is 1. The van der Waals surface area contributed by atoms with Crippen LogP contribution in [0.2, 0.25) is 0 Å². The molecule has 0 saturated carbocycles. The van der Waals surface area contributed by atoms with Gasteiger partial charge in [-0.15, -0.1) is 0 Å². The second-order valence-corrected chi connectivity index (χ2v) is 4.42. The van der Waals surface area contributed by atoms with Crippen molar-refractivity contribution in [3.63, 3.8) is 0 Å². The minimum Gasteiger partial charge on any atom is -0.465 e. The van der Waals surface area contributed by atoms with Crippen LogP contribution in [-0.4, -0.2) is 22.6 Å². The van der Waals surface area contributed by atoms with Gasteiger partial charge in [0.05, 0.1) is 12.6 Å². The van der Waals surface area contributed by atoms with Crippen molar-refractivity contribution < 1.29 is 9.90 Å². The van der Waals surface area contributed by atoms with Crippen LogP contribution in [0, 0.1) is 0 Å². The Kier molecular flexibility index (Phi) is 2.67. The Morgan fingerprint density at radius 2 is 2.40 bits per heavy atom. The number of fused-ring (bicyclic) bond motifs is 1. The smallest absolute Gasteiger partial charge is 0.408 e. The number of benzene rings is 1. The van der Waals surface area contributed by atoms with Crippen LogP contribution in [0.3, 0.4) is 0 Å². The topological polar surface area (TPSA) is 66.6 Å². The molecule has 0 radical (unpaired) electrons. The first-order valence-electron chi connectivity index (χ1n) is 4.61. The third kappa shape index (κ3) is 1.72. The van der Waals surface area contributed by atoms with E-state index in [4.69, 9.17) is 10.8 Å². The lowest BCUT2D eigenvalue weighted by Gasteiger charge is -2.20. The molecule has 80 valence electrons. The van der Waals surface area contributed by atoms with Gasteiger partial charge in [0.2, 0.25) is 0 Å². The van der Waals surface area contributed by atoms with Crippen molar-refractivity contribution in [2.24, 2.45) is 5.73 Å². The van der Waals surface area contributed by atoms with Crippen LogP contribution in [0.5, 0.6) is 0 Å². The minimum atomic E-state index is -0.919. The van der Waals surface area contributed by atoms with E-state index in [9.17, 15) is 4.79 Å². The first-order chi connectivity index (χ1) is 7.13. The monoisotopic (exact) mass is 270 g/mol. The summed E-state index contributed by atoms with van der Waals surface area (Å²) in [6.45, 7) is 0.743. The summed E-state index contributed by atoms with van der Waals surface area (Å²) < 4.78 is 0.962. The molecule has 5 heteroatoms. The summed E-state index contributed by atoms with van der Waals surface area (Å²) in [5, 5.41) is 9.01. The molecule has 0 aromatic heterocycles. The van der Waals surface area contributed by atoms with E-state index in [1.165, 1.54) is 4.90 Å². The third-order valence-corrected chi connectivity index (χ3v) is 3.14. The Labute approximate surface area is 95.8 Å². The Morgan fingerprint density at radius 3 is 3.00 bits per heavy atom. The maximum atomic E-state index is 11.0. The molecule has 1 heterocycles. The number of carbonyl (C=O) groups is 1. The first kappa shape index (κ1) is 10.4. The molecule has 0 spiro atoms. The van der Waals surface area contributed by atoms with Gasteiger partial charge >= 0.3 is 6.09 Å². The Balaban J connectivity index is 2.41. The summed E-state index contributed by atoms with van der Waals surface area (Å²) in [5.41, 5.74) is 7.64. The molecule has 3 N–H and O–H groups in total. The zero-order valence-corrected chi connectivity index (χ0v) is 9.57. The highest BCUT2D eigenvalue weighted by Crippen LogP contribution is 2.34. The fourth-order valence-electron chi connectivity index (χ4n) is 1.95. The van der Waals surface area contributed by atoms with Crippen molar-refractivity contribution in [3.8, 4) is 0 Å². The van der Waals surface area contributed by atoms with E-state index < -0.39 is 6.09 Å². The van der Waals surface area contributed by atoms with E-state index in [0.29, 0.717) is 13.1 Å².